The van der Waals surface area contributed by atoms with Crippen LogP contribution in [0.15, 0.2) is 28.7 Å². The number of halogens is 2. The second kappa shape index (κ2) is 6.46. The highest BCUT2D eigenvalue weighted by atomic mass is 79.9. The van der Waals surface area contributed by atoms with Crippen LogP contribution in [0.25, 0.3) is 0 Å². The van der Waals surface area contributed by atoms with Gasteiger partial charge in [-0.3, -0.25) is 4.79 Å². The predicted octanol–water partition coefficient (Wildman–Crippen LogP) is 2.63. The van der Waals surface area contributed by atoms with E-state index < -0.39 is 0 Å². The van der Waals surface area contributed by atoms with Gasteiger partial charge in [-0.25, -0.2) is 0 Å². The number of nitrogens with one attached hydrogen (secondary N) is 2. The van der Waals surface area contributed by atoms with Gasteiger partial charge in [0.25, 0.3) is 0 Å². The summed E-state index contributed by atoms with van der Waals surface area (Å²) in [5, 5.41) is 6.29. The van der Waals surface area contributed by atoms with Gasteiger partial charge in [0.15, 0.2) is 0 Å². The van der Waals surface area contributed by atoms with Crippen molar-refractivity contribution in [3.63, 3.8) is 0 Å². The van der Waals surface area contributed by atoms with Gasteiger partial charge < -0.3 is 10.6 Å². The lowest BCUT2D eigenvalue weighted by molar-refractivity contribution is -0.126. The molecule has 1 aliphatic carbocycles. The Labute approximate surface area is 134 Å². The van der Waals surface area contributed by atoms with Gasteiger partial charge in [-0.2, -0.15) is 0 Å². The van der Waals surface area contributed by atoms with E-state index in [4.69, 9.17) is 0 Å². The van der Waals surface area contributed by atoms with Gasteiger partial charge >= 0.3 is 0 Å². The lowest BCUT2D eigenvalue weighted by Gasteiger charge is -2.43. The molecule has 1 saturated heterocycles. The van der Waals surface area contributed by atoms with E-state index in [1.165, 1.54) is 24.8 Å². The van der Waals surface area contributed by atoms with Crippen LogP contribution in [0.5, 0.6) is 0 Å². The van der Waals surface area contributed by atoms with Gasteiger partial charge in [0, 0.05) is 29.5 Å². The third kappa shape index (κ3) is 3.02. The first-order chi connectivity index (χ1) is 9.20. The summed E-state index contributed by atoms with van der Waals surface area (Å²) in [5.74, 6) is 0.389. The third-order valence-corrected chi connectivity index (χ3v) is 4.99. The predicted molar refractivity (Wildman–Crippen MR) is 86.3 cm³/mol. The van der Waals surface area contributed by atoms with E-state index in [-0.39, 0.29) is 29.6 Å². The van der Waals surface area contributed by atoms with E-state index in [0.717, 1.165) is 24.1 Å². The smallest absolute Gasteiger partial charge is 0.225 e. The lowest BCUT2D eigenvalue weighted by Crippen LogP contribution is -2.54. The molecule has 1 aliphatic heterocycles. The van der Waals surface area contributed by atoms with Gasteiger partial charge in [0.2, 0.25) is 5.91 Å². The molecule has 0 aromatic heterocycles. The maximum atomic E-state index is 11.9. The molecule has 110 valence electrons. The van der Waals surface area contributed by atoms with Crippen LogP contribution in [0.2, 0.25) is 0 Å². The molecule has 3 nitrogen and oxygen atoms in total. The number of carbonyl (C=O) groups excluding carboxylic acids is 1. The Kier molecular flexibility index (Phi) is 5.10. The van der Waals surface area contributed by atoms with Crippen molar-refractivity contribution in [1.29, 1.82) is 0 Å². The monoisotopic (exact) mass is 358 g/mol. The molecule has 2 fully saturated rings. The van der Waals surface area contributed by atoms with Crippen LogP contribution in [-0.2, 0) is 10.2 Å². The summed E-state index contributed by atoms with van der Waals surface area (Å²) in [6, 6.07) is 8.50. The summed E-state index contributed by atoms with van der Waals surface area (Å²) in [4.78, 5) is 11.9. The van der Waals surface area contributed by atoms with Crippen LogP contribution >= 0.6 is 28.3 Å². The van der Waals surface area contributed by atoms with Crippen molar-refractivity contribution in [1.82, 2.24) is 10.6 Å². The van der Waals surface area contributed by atoms with Crippen LogP contribution in [0.1, 0.15) is 24.8 Å². The van der Waals surface area contributed by atoms with Crippen molar-refractivity contribution in [3.05, 3.63) is 34.3 Å². The minimum Gasteiger partial charge on any atom is -0.355 e. The van der Waals surface area contributed by atoms with Crippen LogP contribution in [0.3, 0.4) is 0 Å². The SMILES string of the molecule is Cl.O=C(NCC1(c2cccc(Br)c2)CCC1)C1CNC1. The number of carbonyl (C=O) groups is 1. The zero-order chi connectivity index (χ0) is 13.3. The van der Waals surface area contributed by atoms with E-state index in [1.807, 2.05) is 0 Å². The number of benzene rings is 1. The van der Waals surface area contributed by atoms with Crippen molar-refractivity contribution < 1.29 is 4.79 Å². The van der Waals surface area contributed by atoms with Crippen molar-refractivity contribution >= 4 is 34.2 Å². The molecular formula is C15H20BrClN2O. The molecule has 1 aromatic rings. The Bertz CT molecular complexity index is 487. The molecule has 1 heterocycles. The fourth-order valence-corrected chi connectivity index (χ4v) is 3.26. The van der Waals surface area contributed by atoms with E-state index >= 15 is 0 Å². The molecule has 5 heteroatoms. The van der Waals surface area contributed by atoms with E-state index in [1.54, 1.807) is 0 Å². The number of amides is 1. The first-order valence-electron chi connectivity index (χ1n) is 6.94. The molecule has 20 heavy (non-hydrogen) atoms. The lowest BCUT2D eigenvalue weighted by atomic mass is 9.64. The van der Waals surface area contributed by atoms with Crippen molar-refractivity contribution in [2.45, 2.75) is 24.7 Å². The maximum absolute atomic E-state index is 11.9. The fraction of sp³-hybridized carbons (Fsp3) is 0.533. The number of hydrogen-bond acceptors (Lipinski definition) is 2. The Morgan fingerprint density at radius 2 is 2.15 bits per heavy atom. The molecule has 1 aromatic carbocycles. The third-order valence-electron chi connectivity index (χ3n) is 4.50. The number of rotatable bonds is 4. The largest absolute Gasteiger partial charge is 0.355 e. The summed E-state index contributed by atoms with van der Waals surface area (Å²) in [7, 11) is 0. The molecule has 0 atom stereocenters. The van der Waals surface area contributed by atoms with Crippen molar-refractivity contribution in [2.75, 3.05) is 19.6 Å². The van der Waals surface area contributed by atoms with Gasteiger partial charge in [0.1, 0.15) is 0 Å². The normalized spacial score (nSPS) is 20.2. The van der Waals surface area contributed by atoms with Gasteiger partial charge in [-0.1, -0.05) is 34.5 Å². The van der Waals surface area contributed by atoms with Crippen LogP contribution in [0.4, 0.5) is 0 Å². The molecule has 0 bridgehead atoms. The highest BCUT2D eigenvalue weighted by Crippen LogP contribution is 2.43. The standard InChI is InChI=1S/C15H19BrN2O.ClH/c16-13-4-1-3-12(7-13)15(5-2-6-15)10-18-14(19)11-8-17-9-11;/h1,3-4,7,11,17H,2,5-6,8-10H2,(H,18,19);1H. The number of hydrogen-bond donors (Lipinski definition) is 2. The Hall–Kier alpha value is -0.580. The summed E-state index contributed by atoms with van der Waals surface area (Å²) in [6.45, 7) is 2.43. The molecule has 2 aliphatic rings. The summed E-state index contributed by atoms with van der Waals surface area (Å²) in [6.07, 6.45) is 3.60. The molecular weight excluding hydrogens is 340 g/mol. The summed E-state index contributed by atoms with van der Waals surface area (Å²) < 4.78 is 1.12. The second-order valence-corrected chi connectivity index (χ2v) is 6.63. The van der Waals surface area contributed by atoms with Crippen LogP contribution in [0, 0.1) is 5.92 Å². The minimum absolute atomic E-state index is 0. The zero-order valence-electron chi connectivity index (χ0n) is 11.3. The molecule has 0 unspecified atom stereocenters. The Morgan fingerprint density at radius 1 is 1.40 bits per heavy atom. The van der Waals surface area contributed by atoms with Gasteiger partial charge in [-0.05, 0) is 30.5 Å². The molecule has 0 spiro atoms. The van der Waals surface area contributed by atoms with Crippen LogP contribution in [-0.4, -0.2) is 25.5 Å². The second-order valence-electron chi connectivity index (χ2n) is 5.72. The quantitative estimate of drug-likeness (QED) is 0.868. The van der Waals surface area contributed by atoms with Crippen molar-refractivity contribution in [3.8, 4) is 0 Å². The molecule has 0 radical (unpaired) electrons. The maximum Gasteiger partial charge on any atom is 0.225 e. The topological polar surface area (TPSA) is 41.1 Å². The van der Waals surface area contributed by atoms with Crippen molar-refractivity contribution in [2.24, 2.45) is 5.92 Å². The molecule has 1 amide bonds. The van der Waals surface area contributed by atoms with E-state index in [0.29, 0.717) is 0 Å². The highest BCUT2D eigenvalue weighted by Gasteiger charge is 2.39. The van der Waals surface area contributed by atoms with E-state index in [2.05, 4.69) is 50.8 Å². The molecule has 3 rings (SSSR count). The van der Waals surface area contributed by atoms with Crippen LogP contribution < -0.4 is 10.6 Å². The first kappa shape index (κ1) is 15.8. The Morgan fingerprint density at radius 3 is 2.65 bits per heavy atom. The average molecular weight is 360 g/mol. The minimum atomic E-state index is 0. The van der Waals surface area contributed by atoms with E-state index in [9.17, 15) is 4.79 Å². The average Bonchev–Trinajstić information content (AvgIpc) is 2.25. The van der Waals surface area contributed by atoms with Gasteiger partial charge in [0.05, 0.1) is 5.92 Å². The Balaban J connectivity index is 0.00000147. The zero-order valence-corrected chi connectivity index (χ0v) is 13.7. The first-order valence-corrected chi connectivity index (χ1v) is 7.73. The highest BCUT2D eigenvalue weighted by molar-refractivity contribution is 9.10. The molecule has 1 saturated carbocycles. The summed E-state index contributed by atoms with van der Waals surface area (Å²) >= 11 is 3.54. The fourth-order valence-electron chi connectivity index (χ4n) is 2.86. The summed E-state index contributed by atoms with van der Waals surface area (Å²) in [5.41, 5.74) is 1.51. The van der Waals surface area contributed by atoms with Gasteiger partial charge in [-0.15, -0.1) is 12.4 Å². The molecule has 2 N–H and O–H groups in total.